The van der Waals surface area contributed by atoms with Crippen LogP contribution in [0.1, 0.15) is 32.6 Å². The first-order valence-electron chi connectivity index (χ1n) is 7.30. The van der Waals surface area contributed by atoms with Crippen LogP contribution in [-0.4, -0.2) is 25.1 Å². The van der Waals surface area contributed by atoms with Gasteiger partial charge in [-0.3, -0.25) is 15.1 Å². The first kappa shape index (κ1) is 15.2. The number of ether oxygens (including phenoxy) is 1. The molecular formula is C15H21N3O3. The van der Waals surface area contributed by atoms with E-state index in [0.29, 0.717) is 6.61 Å². The lowest BCUT2D eigenvalue weighted by atomic mass is 10.2. The molecule has 114 valence electrons. The number of carbonyl (C=O) groups excluding carboxylic acids is 2. The molecular weight excluding hydrogens is 270 g/mol. The third-order valence-electron chi connectivity index (χ3n) is 3.19. The maximum atomic E-state index is 11.4. The van der Waals surface area contributed by atoms with Crippen molar-refractivity contribution in [2.75, 3.05) is 18.2 Å². The van der Waals surface area contributed by atoms with E-state index in [2.05, 4.69) is 17.7 Å². The van der Waals surface area contributed by atoms with Crippen LogP contribution in [-0.2, 0) is 4.79 Å². The number of benzene rings is 1. The van der Waals surface area contributed by atoms with Crippen molar-refractivity contribution in [1.82, 2.24) is 10.7 Å². The minimum Gasteiger partial charge on any atom is -0.494 e. The van der Waals surface area contributed by atoms with Crippen LogP contribution in [0, 0.1) is 0 Å². The maximum Gasteiger partial charge on any atom is 0.340 e. The molecule has 6 heteroatoms. The zero-order valence-corrected chi connectivity index (χ0v) is 12.2. The number of anilines is 1. The molecule has 3 amide bonds. The van der Waals surface area contributed by atoms with Crippen molar-refractivity contribution in [1.29, 1.82) is 0 Å². The van der Waals surface area contributed by atoms with E-state index in [-0.39, 0.29) is 12.5 Å². The van der Waals surface area contributed by atoms with E-state index >= 15 is 0 Å². The minimum atomic E-state index is -0.517. The van der Waals surface area contributed by atoms with Crippen LogP contribution in [0.5, 0.6) is 5.75 Å². The van der Waals surface area contributed by atoms with E-state index in [1.54, 1.807) is 0 Å². The Kier molecular flexibility index (Phi) is 5.43. The third kappa shape index (κ3) is 4.66. The van der Waals surface area contributed by atoms with Gasteiger partial charge in [-0.15, -0.1) is 0 Å². The first-order chi connectivity index (χ1) is 10.2. The summed E-state index contributed by atoms with van der Waals surface area (Å²) in [4.78, 5) is 22.7. The second-order valence-corrected chi connectivity index (χ2v) is 4.98. The maximum absolute atomic E-state index is 11.4. The standard InChI is InChI=1S/C15H21N3O3/c1-2-3-4-5-9-21-13-8-6-7-12(10-13)18-11-14(19)16-15(20)17-18/h6-8,10H,2-5,9,11H2,1H3,(H2,16,17,19,20). The number of hydrogen-bond donors (Lipinski definition) is 2. The largest absolute Gasteiger partial charge is 0.494 e. The fourth-order valence-corrected chi connectivity index (χ4v) is 2.12. The van der Waals surface area contributed by atoms with Crippen molar-refractivity contribution < 1.29 is 14.3 Å². The molecule has 1 saturated heterocycles. The van der Waals surface area contributed by atoms with E-state index in [0.717, 1.165) is 17.9 Å². The molecule has 0 radical (unpaired) electrons. The predicted octanol–water partition coefficient (Wildman–Crippen LogP) is 2.21. The van der Waals surface area contributed by atoms with E-state index in [1.165, 1.54) is 24.3 Å². The summed E-state index contributed by atoms with van der Waals surface area (Å²) in [6.07, 6.45) is 4.62. The van der Waals surface area contributed by atoms with Crippen LogP contribution in [0.4, 0.5) is 10.5 Å². The summed E-state index contributed by atoms with van der Waals surface area (Å²) in [5.74, 6) is 0.411. The highest BCUT2D eigenvalue weighted by molar-refractivity contribution is 6.00. The summed E-state index contributed by atoms with van der Waals surface area (Å²) in [5.41, 5.74) is 3.31. The number of nitrogens with zero attached hydrogens (tertiary/aromatic N) is 1. The van der Waals surface area contributed by atoms with Gasteiger partial charge < -0.3 is 4.74 Å². The Morgan fingerprint density at radius 1 is 1.24 bits per heavy atom. The molecule has 1 fully saturated rings. The van der Waals surface area contributed by atoms with E-state index in [1.807, 2.05) is 24.3 Å². The second kappa shape index (κ2) is 7.52. The number of hydrazine groups is 1. The van der Waals surface area contributed by atoms with Gasteiger partial charge in [-0.1, -0.05) is 32.3 Å². The molecule has 1 aromatic carbocycles. The highest BCUT2D eigenvalue weighted by atomic mass is 16.5. The Bertz CT molecular complexity index is 489. The Labute approximate surface area is 124 Å². The van der Waals surface area contributed by atoms with Gasteiger partial charge in [0.25, 0.3) is 0 Å². The van der Waals surface area contributed by atoms with Crippen LogP contribution in [0.2, 0.25) is 0 Å². The molecule has 1 aliphatic heterocycles. The number of rotatable bonds is 7. The summed E-state index contributed by atoms with van der Waals surface area (Å²) in [5, 5.41) is 3.69. The summed E-state index contributed by atoms with van der Waals surface area (Å²) in [6, 6.07) is 6.84. The molecule has 0 aliphatic carbocycles. The molecule has 6 nitrogen and oxygen atoms in total. The number of urea groups is 1. The van der Waals surface area contributed by atoms with Crippen molar-refractivity contribution in [2.24, 2.45) is 0 Å². The highest BCUT2D eigenvalue weighted by Gasteiger charge is 2.21. The van der Waals surface area contributed by atoms with Crippen LogP contribution in [0.3, 0.4) is 0 Å². The monoisotopic (exact) mass is 291 g/mol. The number of carbonyl (C=O) groups is 2. The van der Waals surface area contributed by atoms with Gasteiger partial charge in [-0.05, 0) is 18.6 Å². The Morgan fingerprint density at radius 2 is 2.10 bits per heavy atom. The van der Waals surface area contributed by atoms with Crippen molar-refractivity contribution in [3.8, 4) is 5.75 Å². The SMILES string of the molecule is CCCCCCOc1cccc(N2CC(=O)NC(=O)N2)c1. The number of imide groups is 1. The third-order valence-corrected chi connectivity index (χ3v) is 3.19. The fraction of sp³-hybridized carbons (Fsp3) is 0.467. The Morgan fingerprint density at radius 3 is 2.86 bits per heavy atom. The van der Waals surface area contributed by atoms with E-state index in [4.69, 9.17) is 4.74 Å². The summed E-state index contributed by atoms with van der Waals surface area (Å²) >= 11 is 0. The lowest BCUT2D eigenvalue weighted by molar-refractivity contribution is -0.119. The van der Waals surface area contributed by atoms with Crippen molar-refractivity contribution in [3.63, 3.8) is 0 Å². The number of amides is 3. The number of hydrogen-bond acceptors (Lipinski definition) is 4. The normalized spacial score (nSPS) is 14.6. The predicted molar refractivity (Wildman–Crippen MR) is 80.1 cm³/mol. The number of nitrogens with one attached hydrogen (secondary N) is 2. The van der Waals surface area contributed by atoms with E-state index in [9.17, 15) is 9.59 Å². The highest BCUT2D eigenvalue weighted by Crippen LogP contribution is 2.21. The van der Waals surface area contributed by atoms with Crippen LogP contribution >= 0.6 is 0 Å². The molecule has 1 aromatic rings. The van der Waals surface area contributed by atoms with Crippen molar-refractivity contribution >= 4 is 17.6 Å². The molecule has 1 heterocycles. The summed E-state index contributed by atoms with van der Waals surface area (Å²) in [7, 11) is 0. The topological polar surface area (TPSA) is 70.7 Å². The van der Waals surface area contributed by atoms with Gasteiger partial charge >= 0.3 is 6.03 Å². The summed E-state index contributed by atoms with van der Waals surface area (Å²) < 4.78 is 5.70. The minimum absolute atomic E-state index is 0.0890. The van der Waals surface area contributed by atoms with Crippen LogP contribution < -0.4 is 20.5 Å². The average Bonchev–Trinajstić information content (AvgIpc) is 2.46. The molecule has 0 spiro atoms. The average molecular weight is 291 g/mol. The molecule has 2 N–H and O–H groups in total. The zero-order valence-electron chi connectivity index (χ0n) is 12.2. The first-order valence-corrected chi connectivity index (χ1v) is 7.30. The quantitative estimate of drug-likeness (QED) is 0.756. The molecule has 1 aliphatic rings. The molecule has 21 heavy (non-hydrogen) atoms. The zero-order chi connectivity index (χ0) is 15.1. The molecule has 2 rings (SSSR count). The van der Waals surface area contributed by atoms with Crippen LogP contribution in [0.25, 0.3) is 0 Å². The Hall–Kier alpha value is -2.24. The lowest BCUT2D eigenvalue weighted by Gasteiger charge is -2.28. The molecule has 0 saturated carbocycles. The van der Waals surface area contributed by atoms with Gasteiger partial charge in [0.1, 0.15) is 12.3 Å². The van der Waals surface area contributed by atoms with Gasteiger partial charge in [0.2, 0.25) is 5.91 Å². The Balaban J connectivity index is 1.91. The molecule has 0 unspecified atom stereocenters. The smallest absolute Gasteiger partial charge is 0.340 e. The van der Waals surface area contributed by atoms with Crippen molar-refractivity contribution in [3.05, 3.63) is 24.3 Å². The van der Waals surface area contributed by atoms with Gasteiger partial charge in [-0.25, -0.2) is 10.2 Å². The lowest BCUT2D eigenvalue weighted by Crippen LogP contribution is -2.59. The fourth-order valence-electron chi connectivity index (χ4n) is 2.12. The van der Waals surface area contributed by atoms with Gasteiger partial charge in [0.05, 0.1) is 12.3 Å². The van der Waals surface area contributed by atoms with E-state index < -0.39 is 6.03 Å². The summed E-state index contributed by atoms with van der Waals surface area (Å²) in [6.45, 7) is 2.94. The molecule has 0 bridgehead atoms. The van der Waals surface area contributed by atoms with Gasteiger partial charge in [0.15, 0.2) is 0 Å². The van der Waals surface area contributed by atoms with Crippen molar-refractivity contribution in [2.45, 2.75) is 32.6 Å². The van der Waals surface area contributed by atoms with Gasteiger partial charge in [-0.2, -0.15) is 0 Å². The molecule has 0 aromatic heterocycles. The van der Waals surface area contributed by atoms with Crippen LogP contribution in [0.15, 0.2) is 24.3 Å². The molecule has 0 atom stereocenters. The number of unbranched alkanes of at least 4 members (excludes halogenated alkanes) is 3. The second-order valence-electron chi connectivity index (χ2n) is 4.98. The van der Waals surface area contributed by atoms with Gasteiger partial charge in [0, 0.05) is 6.07 Å².